The van der Waals surface area contributed by atoms with Crippen LogP contribution in [0.1, 0.15) is 28.2 Å². The summed E-state index contributed by atoms with van der Waals surface area (Å²) in [6, 6.07) is 31.2. The summed E-state index contributed by atoms with van der Waals surface area (Å²) in [5.74, 6) is -1.99. The van der Waals surface area contributed by atoms with Crippen LogP contribution in [-0.2, 0) is 15.0 Å². The van der Waals surface area contributed by atoms with Gasteiger partial charge < -0.3 is 0 Å². The van der Waals surface area contributed by atoms with E-state index in [4.69, 9.17) is 16.7 Å². The van der Waals surface area contributed by atoms with Crippen molar-refractivity contribution in [2.24, 2.45) is 16.9 Å². The van der Waals surface area contributed by atoms with Gasteiger partial charge in [0.05, 0.1) is 38.2 Å². The van der Waals surface area contributed by atoms with Crippen molar-refractivity contribution in [2.45, 2.75) is 11.3 Å². The van der Waals surface area contributed by atoms with Crippen LogP contribution in [0.4, 0.5) is 10.8 Å². The number of rotatable bonds is 4. The molecule has 0 spiro atoms. The number of amides is 2. The summed E-state index contributed by atoms with van der Waals surface area (Å²) < 4.78 is 1.05. The van der Waals surface area contributed by atoms with E-state index >= 15 is 0 Å². The van der Waals surface area contributed by atoms with Crippen molar-refractivity contribution >= 4 is 62.0 Å². The molecule has 1 fully saturated rings. The second-order valence-electron chi connectivity index (χ2n) is 10.3. The summed E-state index contributed by atoms with van der Waals surface area (Å²) in [6.45, 7) is 0. The number of hydrogen-bond donors (Lipinski definition) is 1. The van der Waals surface area contributed by atoms with Crippen LogP contribution < -0.4 is 10.3 Å². The van der Waals surface area contributed by atoms with Crippen molar-refractivity contribution in [2.75, 3.05) is 10.3 Å². The molecular weight excluding hydrogens is 540 g/mol. The minimum absolute atomic E-state index is 0.228. The third-order valence-electron chi connectivity index (χ3n) is 8.50. The third-order valence-corrected chi connectivity index (χ3v) is 9.76. The van der Waals surface area contributed by atoms with Gasteiger partial charge in [-0.2, -0.15) is 5.10 Å². The Balaban J connectivity index is 1.33. The number of hydrogen-bond acceptors (Lipinski definition) is 6. The maximum Gasteiger partial charge on any atom is 0.239 e. The highest BCUT2D eigenvalue weighted by Crippen LogP contribution is 2.63. The molecule has 9 rings (SSSR count). The highest BCUT2D eigenvalue weighted by atomic mass is 35.5. The number of halogens is 1. The molecule has 2 bridgehead atoms. The maximum absolute atomic E-state index is 14.4. The van der Waals surface area contributed by atoms with Crippen molar-refractivity contribution in [3.8, 4) is 0 Å². The number of carbonyl (C=O) groups excluding carboxylic acids is 2. The number of anilines is 2. The van der Waals surface area contributed by atoms with Gasteiger partial charge in [-0.3, -0.25) is 15.0 Å². The van der Waals surface area contributed by atoms with E-state index in [9.17, 15) is 9.59 Å². The van der Waals surface area contributed by atoms with Gasteiger partial charge in [0.25, 0.3) is 0 Å². The zero-order valence-corrected chi connectivity index (χ0v) is 22.6. The highest BCUT2D eigenvalue weighted by Gasteiger charge is 2.68. The van der Waals surface area contributed by atoms with Crippen LogP contribution in [0.25, 0.3) is 10.2 Å². The molecule has 6 nitrogen and oxygen atoms in total. The molecule has 2 amide bonds. The van der Waals surface area contributed by atoms with E-state index in [0.717, 1.165) is 32.5 Å². The van der Waals surface area contributed by atoms with Crippen molar-refractivity contribution in [1.82, 2.24) is 4.98 Å². The molecule has 0 unspecified atom stereocenters. The number of fused-ring (bicyclic) bond motifs is 1. The molecule has 2 heterocycles. The normalized spacial score (nSPS) is 24.4. The summed E-state index contributed by atoms with van der Waals surface area (Å²) in [4.78, 5) is 34.6. The fraction of sp³-hybridized carbons (Fsp3) is 0.125. The van der Waals surface area contributed by atoms with Crippen molar-refractivity contribution in [3.63, 3.8) is 0 Å². The monoisotopic (exact) mass is 560 g/mol. The standard InChI is InChI=1S/C32H21ClN4O2S/c33-22-13-5-7-15-24(22)37-29(38)27-26-18-9-1-3-11-20(18)32(28(27)30(37)39,21-12-4-2-10-19(21)26)17-34-36-31-35-23-14-6-8-16-25(23)40-31/h1-17,26-28H,(H,35,36)/b34-17-/t26?,27-,28-,32?/m0/s1. The van der Waals surface area contributed by atoms with Crippen LogP contribution in [-0.4, -0.2) is 23.0 Å². The molecule has 8 heteroatoms. The molecule has 1 N–H and O–H groups in total. The van der Waals surface area contributed by atoms with Gasteiger partial charge in [-0.05, 0) is 46.5 Å². The lowest BCUT2D eigenvalue weighted by atomic mass is 9.47. The van der Waals surface area contributed by atoms with Crippen molar-refractivity contribution in [1.29, 1.82) is 0 Å². The number of nitrogens with zero attached hydrogens (tertiary/aromatic N) is 3. The van der Waals surface area contributed by atoms with E-state index < -0.39 is 17.3 Å². The molecule has 1 aromatic heterocycles. The second-order valence-corrected chi connectivity index (χ2v) is 11.8. The first-order valence-electron chi connectivity index (χ1n) is 13.1. The molecule has 40 heavy (non-hydrogen) atoms. The number of thiazole rings is 1. The van der Waals surface area contributed by atoms with Crippen LogP contribution >= 0.6 is 22.9 Å². The number of carbonyl (C=O) groups is 2. The van der Waals surface area contributed by atoms with E-state index in [1.165, 1.54) is 16.2 Å². The number of aromatic nitrogens is 1. The summed E-state index contributed by atoms with van der Waals surface area (Å²) in [5, 5.41) is 5.75. The Morgan fingerprint density at radius 3 is 2.23 bits per heavy atom. The first-order chi connectivity index (χ1) is 19.6. The predicted octanol–water partition coefficient (Wildman–Crippen LogP) is 6.60. The number of imide groups is 1. The van der Waals surface area contributed by atoms with Crippen molar-refractivity contribution in [3.05, 3.63) is 124 Å². The fourth-order valence-corrected chi connectivity index (χ4v) is 8.07. The lowest BCUT2D eigenvalue weighted by molar-refractivity contribution is -0.122. The van der Waals surface area contributed by atoms with Crippen LogP contribution in [0.5, 0.6) is 0 Å². The highest BCUT2D eigenvalue weighted by molar-refractivity contribution is 7.22. The first kappa shape index (κ1) is 23.5. The number of nitrogens with one attached hydrogen (secondary N) is 1. The van der Waals surface area contributed by atoms with E-state index in [2.05, 4.69) is 34.7 Å². The van der Waals surface area contributed by atoms with E-state index in [-0.39, 0.29) is 17.7 Å². The average molecular weight is 561 g/mol. The average Bonchev–Trinajstić information content (AvgIpc) is 3.52. The maximum atomic E-state index is 14.4. The van der Waals surface area contributed by atoms with E-state index in [1.54, 1.807) is 24.3 Å². The molecule has 4 aromatic carbocycles. The second kappa shape index (κ2) is 8.58. The van der Waals surface area contributed by atoms with Gasteiger partial charge in [-0.1, -0.05) is 95.7 Å². The number of benzene rings is 4. The van der Waals surface area contributed by atoms with Gasteiger partial charge in [0.1, 0.15) is 0 Å². The van der Waals surface area contributed by atoms with Gasteiger partial charge >= 0.3 is 0 Å². The Morgan fingerprint density at radius 1 is 0.850 bits per heavy atom. The van der Waals surface area contributed by atoms with Crippen LogP contribution in [0.15, 0.2) is 102 Å². The minimum atomic E-state index is -0.959. The first-order valence-corrected chi connectivity index (χ1v) is 14.3. The van der Waals surface area contributed by atoms with Crippen LogP contribution in [0.2, 0.25) is 5.02 Å². The molecule has 3 aliphatic carbocycles. The zero-order valence-electron chi connectivity index (χ0n) is 21.0. The molecule has 1 saturated heterocycles. The molecule has 2 atom stereocenters. The Hall–Kier alpha value is -4.33. The number of hydrazone groups is 1. The lowest BCUT2D eigenvalue weighted by Gasteiger charge is -2.52. The van der Waals surface area contributed by atoms with E-state index in [0.29, 0.717) is 15.8 Å². The Bertz CT molecular complexity index is 1820. The van der Waals surface area contributed by atoms with Gasteiger partial charge in [0, 0.05) is 12.1 Å². The molecule has 1 aliphatic heterocycles. The predicted molar refractivity (Wildman–Crippen MR) is 158 cm³/mol. The Kier molecular flexibility index (Phi) is 5.05. The topological polar surface area (TPSA) is 74.7 Å². The largest absolute Gasteiger partial charge is 0.274 e. The summed E-state index contributed by atoms with van der Waals surface area (Å²) in [5.41, 5.74) is 7.57. The summed E-state index contributed by atoms with van der Waals surface area (Å²) >= 11 is 8.04. The molecule has 4 aliphatic rings. The molecule has 0 radical (unpaired) electrons. The molecule has 194 valence electrons. The lowest BCUT2D eigenvalue weighted by Crippen LogP contribution is -2.54. The smallest absolute Gasteiger partial charge is 0.239 e. The molecule has 0 saturated carbocycles. The fourth-order valence-electron chi connectivity index (χ4n) is 7.03. The molecule has 5 aromatic rings. The summed E-state index contributed by atoms with van der Waals surface area (Å²) in [6.07, 6.45) is 1.82. The minimum Gasteiger partial charge on any atom is -0.274 e. The van der Waals surface area contributed by atoms with Gasteiger partial charge in [-0.25, -0.2) is 9.88 Å². The van der Waals surface area contributed by atoms with Gasteiger partial charge in [0.15, 0.2) is 0 Å². The zero-order chi connectivity index (χ0) is 27.0. The molecular formula is C32H21ClN4O2S. The van der Waals surface area contributed by atoms with Crippen molar-refractivity contribution < 1.29 is 9.59 Å². The number of para-hydroxylation sites is 2. The SMILES string of the molecule is O=C1[C@@H]2[C@@H](C(=O)N1c1ccccc1Cl)C1c3ccccc3C2(/C=N\Nc2nc3ccccc3s2)c2ccccc21. The van der Waals surface area contributed by atoms with Gasteiger partial charge in [-0.15, -0.1) is 0 Å². The van der Waals surface area contributed by atoms with Crippen LogP contribution in [0.3, 0.4) is 0 Å². The van der Waals surface area contributed by atoms with E-state index in [1.807, 2.05) is 54.7 Å². The Labute approximate surface area is 238 Å². The summed E-state index contributed by atoms with van der Waals surface area (Å²) in [7, 11) is 0. The Morgan fingerprint density at radius 2 is 1.50 bits per heavy atom. The third kappa shape index (κ3) is 3.04. The van der Waals surface area contributed by atoms with Gasteiger partial charge in [0.2, 0.25) is 16.9 Å². The van der Waals surface area contributed by atoms with Crippen LogP contribution in [0, 0.1) is 11.8 Å². The quantitative estimate of drug-likeness (QED) is 0.153.